The van der Waals surface area contributed by atoms with Gasteiger partial charge in [-0.3, -0.25) is 33.8 Å². The second-order valence-electron chi connectivity index (χ2n) is 7.77. The topological polar surface area (TPSA) is 261 Å². The van der Waals surface area contributed by atoms with Crippen LogP contribution in [0, 0.1) is 5.92 Å². The van der Waals surface area contributed by atoms with Crippen LogP contribution in [0.1, 0.15) is 40.0 Å². The Kier molecular flexibility index (Phi) is 13.3. The highest BCUT2D eigenvalue weighted by atomic mass is 16.4. The summed E-state index contributed by atoms with van der Waals surface area (Å²) in [5, 5.41) is 18.3. The first-order chi connectivity index (χ1) is 15.7. The third kappa shape index (κ3) is 12.8. The van der Waals surface area contributed by atoms with Gasteiger partial charge in [0, 0.05) is 13.5 Å². The van der Waals surface area contributed by atoms with Gasteiger partial charge in [-0.25, -0.2) is 0 Å². The number of guanidine groups is 1. The second kappa shape index (κ2) is 15.0. The maximum absolute atomic E-state index is 12.4. The summed E-state index contributed by atoms with van der Waals surface area (Å²) < 4.78 is 0. The van der Waals surface area contributed by atoms with E-state index in [1.54, 1.807) is 13.8 Å². The van der Waals surface area contributed by atoms with E-state index in [1.165, 1.54) is 6.92 Å². The molecule has 3 atom stereocenters. The van der Waals surface area contributed by atoms with E-state index in [4.69, 9.17) is 22.3 Å². The maximum Gasteiger partial charge on any atom is 0.305 e. The summed E-state index contributed by atoms with van der Waals surface area (Å²) >= 11 is 0. The van der Waals surface area contributed by atoms with Crippen molar-refractivity contribution in [2.45, 2.75) is 58.2 Å². The van der Waals surface area contributed by atoms with E-state index in [9.17, 15) is 28.8 Å². The Morgan fingerprint density at radius 1 is 0.912 bits per heavy atom. The van der Waals surface area contributed by atoms with Gasteiger partial charge in [0.1, 0.15) is 18.1 Å². The van der Waals surface area contributed by atoms with Crippen molar-refractivity contribution in [3.63, 3.8) is 0 Å². The minimum Gasteiger partial charge on any atom is -0.481 e. The molecule has 0 fully saturated rings. The molecule has 15 heteroatoms. The average Bonchev–Trinajstić information content (AvgIpc) is 2.70. The lowest BCUT2D eigenvalue weighted by Crippen LogP contribution is -2.56. The van der Waals surface area contributed by atoms with E-state index >= 15 is 0 Å². The molecule has 0 heterocycles. The Bertz CT molecular complexity index is 796. The summed E-state index contributed by atoms with van der Waals surface area (Å²) in [6.45, 7) is 4.09. The molecule has 0 aliphatic carbocycles. The predicted octanol–water partition coefficient (Wildman–Crippen LogP) is -3.75. The largest absolute Gasteiger partial charge is 0.481 e. The number of primary amides is 1. The van der Waals surface area contributed by atoms with Gasteiger partial charge in [-0.15, -0.1) is 0 Å². The molecule has 0 aliphatic rings. The fraction of sp³-hybridized carbons (Fsp3) is 0.632. The summed E-state index contributed by atoms with van der Waals surface area (Å²) in [7, 11) is 0. The van der Waals surface area contributed by atoms with Crippen LogP contribution in [0.2, 0.25) is 0 Å². The first-order valence-electron chi connectivity index (χ1n) is 10.5. The normalized spacial score (nSPS) is 13.1. The molecule has 0 saturated heterocycles. The van der Waals surface area contributed by atoms with Gasteiger partial charge in [0.25, 0.3) is 0 Å². The number of nitrogens with zero attached hydrogens (tertiary/aromatic N) is 1. The van der Waals surface area contributed by atoms with Gasteiger partial charge in [0.05, 0.1) is 13.0 Å². The van der Waals surface area contributed by atoms with Gasteiger partial charge in [-0.05, 0) is 18.8 Å². The minimum absolute atomic E-state index is 0.118. The maximum atomic E-state index is 12.4. The first kappa shape index (κ1) is 30.1. The Morgan fingerprint density at radius 3 is 2.00 bits per heavy atom. The van der Waals surface area contributed by atoms with Crippen LogP contribution in [0.5, 0.6) is 0 Å². The number of rotatable bonds is 15. The molecule has 0 bridgehead atoms. The molecule has 15 nitrogen and oxygen atoms in total. The molecule has 0 rings (SSSR count). The standard InChI is InChI=1S/C19H34N8O7/c1-9(2)15(16(20)32)27-18(34)12(7-14(30)31)26-13(29)8-24-17(33)11(25-10(3)28)5-4-6-23-19(21)22/h9,11-12,15H,4-8H2,1-3H3,(H2,20,32)(H,24,33)(H,25,28)(H,26,29)(H,27,34)(H,30,31)(H4,21,22,23)/t11-,12-,15-/m0/s1. The SMILES string of the molecule is CC(=O)N[C@@H](CCCN=C(N)N)C(=O)NCC(=O)N[C@@H](CC(=O)O)C(=O)N[C@H](C(N)=O)C(C)C. The van der Waals surface area contributed by atoms with Crippen LogP contribution < -0.4 is 38.5 Å². The minimum atomic E-state index is -1.52. The van der Waals surface area contributed by atoms with Crippen molar-refractivity contribution in [3.8, 4) is 0 Å². The predicted molar refractivity (Wildman–Crippen MR) is 121 cm³/mol. The number of nitrogens with two attached hydrogens (primary N) is 3. The quantitative estimate of drug-likeness (QED) is 0.0641. The van der Waals surface area contributed by atoms with Gasteiger partial charge >= 0.3 is 5.97 Å². The summed E-state index contributed by atoms with van der Waals surface area (Å²) in [6, 6.07) is -3.56. The smallest absolute Gasteiger partial charge is 0.305 e. The van der Waals surface area contributed by atoms with E-state index < -0.39 is 66.6 Å². The van der Waals surface area contributed by atoms with Gasteiger partial charge < -0.3 is 43.6 Å². The van der Waals surface area contributed by atoms with Crippen molar-refractivity contribution in [2.24, 2.45) is 28.1 Å². The van der Waals surface area contributed by atoms with Gasteiger partial charge in [0.2, 0.25) is 29.5 Å². The molecule has 11 N–H and O–H groups in total. The molecule has 0 spiro atoms. The fourth-order valence-electron chi connectivity index (χ4n) is 2.76. The highest BCUT2D eigenvalue weighted by Gasteiger charge is 2.29. The molecular formula is C19H34N8O7. The number of hydrogen-bond acceptors (Lipinski definition) is 7. The van der Waals surface area contributed by atoms with Crippen molar-refractivity contribution >= 4 is 41.5 Å². The molecule has 5 amide bonds. The van der Waals surface area contributed by atoms with Crippen molar-refractivity contribution in [2.75, 3.05) is 13.1 Å². The average molecular weight is 487 g/mol. The number of nitrogens with one attached hydrogen (secondary N) is 4. The lowest BCUT2D eigenvalue weighted by molar-refractivity contribution is -0.141. The van der Waals surface area contributed by atoms with Crippen LogP contribution in [0.25, 0.3) is 0 Å². The first-order valence-corrected chi connectivity index (χ1v) is 10.5. The van der Waals surface area contributed by atoms with Crippen molar-refractivity contribution < 1.29 is 33.9 Å². The van der Waals surface area contributed by atoms with Crippen molar-refractivity contribution in [1.82, 2.24) is 21.3 Å². The van der Waals surface area contributed by atoms with Gasteiger partial charge in [-0.1, -0.05) is 13.8 Å². The molecular weight excluding hydrogens is 452 g/mol. The van der Waals surface area contributed by atoms with E-state index in [2.05, 4.69) is 26.3 Å². The molecule has 192 valence electrons. The van der Waals surface area contributed by atoms with Crippen LogP contribution in [0.3, 0.4) is 0 Å². The Balaban J connectivity index is 5.05. The summed E-state index contributed by atoms with van der Waals surface area (Å²) in [4.78, 5) is 74.8. The molecule has 0 saturated carbocycles. The summed E-state index contributed by atoms with van der Waals surface area (Å²) in [5.41, 5.74) is 15.7. The third-order valence-corrected chi connectivity index (χ3v) is 4.36. The van der Waals surface area contributed by atoms with Crippen LogP contribution in [-0.2, 0) is 28.8 Å². The summed E-state index contributed by atoms with van der Waals surface area (Å²) in [6.07, 6.45) is -0.230. The van der Waals surface area contributed by atoms with Crippen LogP contribution in [-0.4, -0.2) is 77.8 Å². The Hall–Kier alpha value is -3.91. The molecule has 0 aromatic carbocycles. The lowest BCUT2D eigenvalue weighted by atomic mass is 10.0. The van der Waals surface area contributed by atoms with Gasteiger partial charge in [-0.2, -0.15) is 0 Å². The van der Waals surface area contributed by atoms with Crippen LogP contribution in [0.15, 0.2) is 4.99 Å². The number of carboxylic acid groups (broad SMARTS) is 1. The number of aliphatic imine (C=N–C) groups is 1. The molecule has 0 aromatic heterocycles. The Labute approximate surface area is 196 Å². The van der Waals surface area contributed by atoms with E-state index in [1.807, 2.05) is 0 Å². The van der Waals surface area contributed by atoms with Crippen LogP contribution >= 0.6 is 0 Å². The molecule has 0 aliphatic heterocycles. The highest BCUT2D eigenvalue weighted by Crippen LogP contribution is 2.03. The second-order valence-corrected chi connectivity index (χ2v) is 7.77. The van der Waals surface area contributed by atoms with Gasteiger partial charge in [0.15, 0.2) is 5.96 Å². The number of carbonyl (C=O) groups excluding carboxylic acids is 5. The number of carboxylic acids is 1. The van der Waals surface area contributed by atoms with Crippen molar-refractivity contribution in [1.29, 1.82) is 0 Å². The summed E-state index contributed by atoms with van der Waals surface area (Å²) in [5.74, 6) is -5.63. The fourth-order valence-corrected chi connectivity index (χ4v) is 2.76. The lowest BCUT2D eigenvalue weighted by Gasteiger charge is -2.23. The number of amides is 5. The third-order valence-electron chi connectivity index (χ3n) is 4.36. The molecule has 0 aromatic rings. The van der Waals surface area contributed by atoms with E-state index in [0.29, 0.717) is 6.42 Å². The number of hydrogen-bond donors (Lipinski definition) is 8. The van der Waals surface area contributed by atoms with Crippen molar-refractivity contribution in [3.05, 3.63) is 0 Å². The zero-order valence-electron chi connectivity index (χ0n) is 19.4. The number of aliphatic carboxylic acids is 1. The zero-order valence-corrected chi connectivity index (χ0v) is 19.4. The number of carbonyl (C=O) groups is 6. The zero-order chi connectivity index (χ0) is 26.4. The van der Waals surface area contributed by atoms with E-state index in [0.717, 1.165) is 0 Å². The highest BCUT2D eigenvalue weighted by molar-refractivity contribution is 5.95. The molecule has 0 unspecified atom stereocenters. The molecule has 34 heavy (non-hydrogen) atoms. The van der Waals surface area contributed by atoms with Crippen LogP contribution in [0.4, 0.5) is 0 Å². The monoisotopic (exact) mass is 486 g/mol. The molecule has 0 radical (unpaired) electrons. The Morgan fingerprint density at radius 2 is 1.53 bits per heavy atom. The van der Waals surface area contributed by atoms with E-state index in [-0.39, 0.29) is 24.8 Å².